The highest BCUT2D eigenvalue weighted by Crippen LogP contribution is 2.37. The molecule has 0 saturated heterocycles. The molecular formula is C21H33ClN2O. The Morgan fingerprint density at radius 1 is 1.08 bits per heavy atom. The summed E-state index contributed by atoms with van der Waals surface area (Å²) in [6.45, 7) is 13.0. The third kappa shape index (κ3) is 4.98. The lowest BCUT2D eigenvalue weighted by atomic mass is 9.79. The lowest BCUT2D eigenvalue weighted by Gasteiger charge is -2.28. The van der Waals surface area contributed by atoms with Gasteiger partial charge in [0, 0.05) is 23.4 Å². The fourth-order valence-electron chi connectivity index (χ4n) is 3.35. The Morgan fingerprint density at radius 2 is 1.72 bits per heavy atom. The highest BCUT2D eigenvalue weighted by molar-refractivity contribution is 6.13. The fraction of sp³-hybridized carbons (Fsp3) is 0.667. The summed E-state index contributed by atoms with van der Waals surface area (Å²) in [6.07, 6.45) is 6.30. The van der Waals surface area contributed by atoms with Crippen LogP contribution < -0.4 is 4.84 Å². The molecule has 0 amide bonds. The number of phenolic OH excluding ortho intramolecular Hbond substituents is 1. The molecule has 4 heteroatoms. The second kappa shape index (κ2) is 7.67. The van der Waals surface area contributed by atoms with Gasteiger partial charge in [-0.05, 0) is 47.1 Å². The molecule has 1 fully saturated rings. The summed E-state index contributed by atoms with van der Waals surface area (Å²) in [5.74, 6) is 0.343. The number of nitrogens with one attached hydrogen (secondary N) is 1. The van der Waals surface area contributed by atoms with E-state index in [4.69, 9.17) is 16.8 Å². The van der Waals surface area contributed by atoms with Crippen molar-refractivity contribution in [3.05, 3.63) is 28.8 Å². The Labute approximate surface area is 158 Å². The number of phenols is 1. The van der Waals surface area contributed by atoms with E-state index in [9.17, 15) is 5.11 Å². The van der Waals surface area contributed by atoms with Crippen LogP contribution in [0.1, 0.15) is 83.9 Å². The molecule has 0 radical (unpaired) electrons. The van der Waals surface area contributed by atoms with Crippen molar-refractivity contribution in [2.24, 2.45) is 4.99 Å². The van der Waals surface area contributed by atoms with Crippen molar-refractivity contribution in [1.29, 1.82) is 0 Å². The summed E-state index contributed by atoms with van der Waals surface area (Å²) in [5.41, 5.74) is 2.88. The SMILES string of the molecule is CC(C)(C)c1cc(C=NC2CCCCC2NCl)c(O)c(C(C)(C)C)c1. The van der Waals surface area contributed by atoms with E-state index < -0.39 is 0 Å². The molecule has 2 atom stereocenters. The highest BCUT2D eigenvalue weighted by Gasteiger charge is 2.26. The monoisotopic (exact) mass is 364 g/mol. The minimum Gasteiger partial charge on any atom is -0.507 e. The predicted molar refractivity (Wildman–Crippen MR) is 108 cm³/mol. The molecule has 0 aromatic heterocycles. The first kappa shape index (κ1) is 20.3. The van der Waals surface area contributed by atoms with Gasteiger partial charge in [-0.1, -0.05) is 60.5 Å². The smallest absolute Gasteiger partial charge is 0.128 e. The van der Waals surface area contributed by atoms with E-state index in [0.717, 1.165) is 24.0 Å². The average Bonchev–Trinajstić information content (AvgIpc) is 2.51. The molecule has 1 aromatic rings. The van der Waals surface area contributed by atoms with Gasteiger partial charge in [0.05, 0.1) is 6.04 Å². The molecule has 0 spiro atoms. The van der Waals surface area contributed by atoms with Crippen LogP contribution in [-0.2, 0) is 10.8 Å². The molecular weight excluding hydrogens is 332 g/mol. The summed E-state index contributed by atoms with van der Waals surface area (Å²) >= 11 is 5.88. The maximum Gasteiger partial charge on any atom is 0.128 e. The Bertz CT molecular complexity index is 626. The third-order valence-electron chi connectivity index (χ3n) is 5.09. The van der Waals surface area contributed by atoms with E-state index in [2.05, 4.69) is 58.5 Å². The Balaban J connectivity index is 2.43. The van der Waals surface area contributed by atoms with Crippen LogP contribution in [-0.4, -0.2) is 23.4 Å². The first-order valence-electron chi connectivity index (χ1n) is 9.31. The topological polar surface area (TPSA) is 44.6 Å². The summed E-state index contributed by atoms with van der Waals surface area (Å²) in [6, 6.07) is 4.58. The lowest BCUT2D eigenvalue weighted by Crippen LogP contribution is -2.36. The quantitative estimate of drug-likeness (QED) is 0.552. The van der Waals surface area contributed by atoms with Gasteiger partial charge in [-0.2, -0.15) is 0 Å². The maximum atomic E-state index is 10.8. The zero-order valence-corrected chi connectivity index (χ0v) is 17.2. The second-order valence-electron chi connectivity index (χ2n) is 9.31. The van der Waals surface area contributed by atoms with Crippen molar-refractivity contribution in [2.75, 3.05) is 0 Å². The van der Waals surface area contributed by atoms with Crippen LogP contribution in [0.3, 0.4) is 0 Å². The fourth-order valence-corrected chi connectivity index (χ4v) is 3.61. The van der Waals surface area contributed by atoms with Gasteiger partial charge in [0.15, 0.2) is 0 Å². The van der Waals surface area contributed by atoms with Crippen LogP contribution in [0.2, 0.25) is 0 Å². The van der Waals surface area contributed by atoms with Crippen LogP contribution in [0.4, 0.5) is 0 Å². The molecule has 1 aliphatic rings. The Hall–Kier alpha value is -1.06. The second-order valence-corrected chi connectivity index (χ2v) is 9.53. The van der Waals surface area contributed by atoms with Gasteiger partial charge in [-0.3, -0.25) is 4.99 Å². The molecule has 1 saturated carbocycles. The van der Waals surface area contributed by atoms with Gasteiger partial charge < -0.3 is 5.11 Å². The number of hydrogen-bond donors (Lipinski definition) is 2. The highest BCUT2D eigenvalue weighted by atomic mass is 35.5. The van der Waals surface area contributed by atoms with Crippen LogP contribution in [0, 0.1) is 0 Å². The number of hydrogen-bond acceptors (Lipinski definition) is 3. The van der Waals surface area contributed by atoms with Crippen molar-refractivity contribution in [1.82, 2.24) is 4.84 Å². The average molecular weight is 365 g/mol. The normalized spacial score (nSPS) is 22.5. The van der Waals surface area contributed by atoms with E-state index in [1.165, 1.54) is 18.4 Å². The van der Waals surface area contributed by atoms with Crippen molar-refractivity contribution in [3.63, 3.8) is 0 Å². The molecule has 25 heavy (non-hydrogen) atoms. The van der Waals surface area contributed by atoms with Crippen molar-refractivity contribution >= 4 is 18.0 Å². The number of halogens is 1. The first-order valence-corrected chi connectivity index (χ1v) is 9.69. The Morgan fingerprint density at radius 3 is 2.28 bits per heavy atom. The minimum atomic E-state index is -0.126. The Kier molecular flexibility index (Phi) is 6.22. The zero-order chi connectivity index (χ0) is 18.8. The van der Waals surface area contributed by atoms with E-state index in [1.807, 2.05) is 6.21 Å². The minimum absolute atomic E-state index is 0.0152. The summed E-state index contributed by atoms with van der Waals surface area (Å²) in [5, 5.41) is 10.8. The van der Waals surface area contributed by atoms with Crippen molar-refractivity contribution in [3.8, 4) is 5.75 Å². The van der Waals surface area contributed by atoms with Gasteiger partial charge in [0.25, 0.3) is 0 Å². The lowest BCUT2D eigenvalue weighted by molar-refractivity contribution is 0.369. The van der Waals surface area contributed by atoms with E-state index in [0.29, 0.717) is 5.75 Å². The summed E-state index contributed by atoms with van der Waals surface area (Å²) < 4.78 is 0. The van der Waals surface area contributed by atoms with Gasteiger partial charge in [0.1, 0.15) is 5.75 Å². The number of nitrogens with zero attached hydrogens (tertiary/aromatic N) is 1. The van der Waals surface area contributed by atoms with Crippen molar-refractivity contribution in [2.45, 2.75) is 90.1 Å². The zero-order valence-electron chi connectivity index (χ0n) is 16.5. The molecule has 1 aliphatic carbocycles. The molecule has 3 nitrogen and oxygen atoms in total. The van der Waals surface area contributed by atoms with Crippen LogP contribution >= 0.6 is 11.8 Å². The standard InChI is InChI=1S/C21H33ClN2O/c1-20(2,3)15-11-14(19(25)16(12-15)21(4,5)6)13-23-17-9-7-8-10-18(17)24-22/h11-13,17-18,24-25H,7-10H2,1-6H3. The number of aliphatic imine (C=N–C) groups is 1. The van der Waals surface area contributed by atoms with Gasteiger partial charge in [0.2, 0.25) is 0 Å². The number of rotatable bonds is 3. The maximum absolute atomic E-state index is 10.8. The molecule has 1 aromatic carbocycles. The molecule has 0 heterocycles. The summed E-state index contributed by atoms with van der Waals surface area (Å²) in [4.78, 5) is 7.65. The molecule has 0 aliphatic heterocycles. The van der Waals surface area contributed by atoms with Crippen molar-refractivity contribution < 1.29 is 5.11 Å². The third-order valence-corrected chi connectivity index (χ3v) is 5.37. The largest absolute Gasteiger partial charge is 0.507 e. The molecule has 2 unspecified atom stereocenters. The molecule has 0 bridgehead atoms. The van der Waals surface area contributed by atoms with Crippen LogP contribution in [0.15, 0.2) is 17.1 Å². The molecule has 2 rings (SSSR count). The van der Waals surface area contributed by atoms with E-state index >= 15 is 0 Å². The van der Waals surface area contributed by atoms with Gasteiger partial charge in [-0.25, -0.2) is 4.84 Å². The van der Waals surface area contributed by atoms with E-state index in [1.54, 1.807) is 0 Å². The van der Waals surface area contributed by atoms with Crippen LogP contribution in [0.5, 0.6) is 5.75 Å². The van der Waals surface area contributed by atoms with E-state index in [-0.39, 0.29) is 22.9 Å². The summed E-state index contributed by atoms with van der Waals surface area (Å²) in [7, 11) is 0. The first-order chi connectivity index (χ1) is 11.5. The van der Waals surface area contributed by atoms with Crippen LogP contribution in [0.25, 0.3) is 0 Å². The molecule has 2 N–H and O–H groups in total. The van der Waals surface area contributed by atoms with Gasteiger partial charge >= 0.3 is 0 Å². The number of benzene rings is 1. The number of aromatic hydroxyl groups is 1. The van der Waals surface area contributed by atoms with Gasteiger partial charge in [-0.15, -0.1) is 0 Å². The molecule has 140 valence electrons. The predicted octanol–water partition coefficient (Wildman–Crippen LogP) is 5.46.